The van der Waals surface area contributed by atoms with E-state index in [0.29, 0.717) is 18.1 Å². The minimum absolute atomic E-state index is 0.156. The van der Waals surface area contributed by atoms with Gasteiger partial charge in [-0.1, -0.05) is 30.4 Å². The molecule has 1 N–H and O–H groups in total. The average Bonchev–Trinajstić information content (AvgIpc) is 2.67. The minimum Gasteiger partial charge on any atom is -0.481 e. The van der Waals surface area contributed by atoms with Gasteiger partial charge in [-0.25, -0.2) is 4.79 Å². The molecule has 0 saturated carbocycles. The lowest BCUT2D eigenvalue weighted by Crippen LogP contribution is -2.36. The average molecular weight is 442 g/mol. The van der Waals surface area contributed by atoms with Crippen molar-refractivity contribution in [3.05, 3.63) is 53.6 Å². The van der Waals surface area contributed by atoms with Crippen LogP contribution >= 0.6 is 12.2 Å². The standard InChI is InChI=1S/C24H31N3O3S/c1-16-22(31)25-20-13-18(9-12-21(20)29-16)15-27(23(28)30-24(2,3)4)14-17-7-10-19(11-8-17)26(5)6/h7-13,16H,14-15H2,1-6H3,(H,25,31). The number of amides is 1. The van der Waals surface area contributed by atoms with Crippen molar-refractivity contribution < 1.29 is 14.3 Å². The van der Waals surface area contributed by atoms with E-state index in [0.717, 1.165) is 28.3 Å². The number of nitrogens with zero attached hydrogens (tertiary/aromatic N) is 2. The summed E-state index contributed by atoms with van der Waals surface area (Å²) in [6, 6.07) is 14.0. The van der Waals surface area contributed by atoms with Crippen molar-refractivity contribution in [1.29, 1.82) is 0 Å². The van der Waals surface area contributed by atoms with Gasteiger partial charge in [0, 0.05) is 32.9 Å². The Kier molecular flexibility index (Phi) is 6.74. The number of benzene rings is 2. The fourth-order valence-electron chi connectivity index (χ4n) is 3.21. The van der Waals surface area contributed by atoms with Crippen molar-refractivity contribution in [3.8, 4) is 5.75 Å². The lowest BCUT2D eigenvalue weighted by molar-refractivity contribution is 0.0216. The number of rotatable bonds is 5. The fraction of sp³-hybridized carbons (Fsp3) is 0.417. The van der Waals surface area contributed by atoms with Gasteiger partial charge in [-0.05, 0) is 63.1 Å². The number of fused-ring (bicyclic) bond motifs is 1. The molecule has 3 rings (SSSR count). The van der Waals surface area contributed by atoms with Crippen molar-refractivity contribution in [1.82, 2.24) is 4.90 Å². The van der Waals surface area contributed by atoms with Crippen LogP contribution in [0.25, 0.3) is 0 Å². The van der Waals surface area contributed by atoms with Gasteiger partial charge < -0.3 is 19.7 Å². The highest BCUT2D eigenvalue weighted by atomic mass is 32.1. The van der Waals surface area contributed by atoms with E-state index in [-0.39, 0.29) is 12.2 Å². The topological polar surface area (TPSA) is 54.0 Å². The molecule has 6 nitrogen and oxygen atoms in total. The van der Waals surface area contributed by atoms with Crippen LogP contribution in [0.5, 0.6) is 5.75 Å². The number of carbonyl (C=O) groups excluding carboxylic acids is 1. The van der Waals surface area contributed by atoms with Gasteiger partial charge in [0.05, 0.1) is 5.69 Å². The zero-order chi connectivity index (χ0) is 22.8. The van der Waals surface area contributed by atoms with Crippen LogP contribution in [0.2, 0.25) is 0 Å². The molecule has 1 heterocycles. The van der Waals surface area contributed by atoms with Gasteiger partial charge in [0.15, 0.2) is 0 Å². The number of hydrogen-bond acceptors (Lipinski definition) is 5. The third kappa shape index (κ3) is 6.10. The van der Waals surface area contributed by atoms with E-state index in [9.17, 15) is 4.79 Å². The minimum atomic E-state index is -0.572. The van der Waals surface area contributed by atoms with Crippen LogP contribution in [-0.4, -0.2) is 41.8 Å². The number of carbonyl (C=O) groups is 1. The monoisotopic (exact) mass is 441 g/mol. The van der Waals surface area contributed by atoms with Gasteiger partial charge in [-0.15, -0.1) is 0 Å². The number of thiocarbonyl (C=S) groups is 1. The molecule has 1 amide bonds. The molecule has 1 unspecified atom stereocenters. The Morgan fingerprint density at radius 3 is 2.32 bits per heavy atom. The SMILES string of the molecule is CC1Oc2ccc(CN(Cc3ccc(N(C)C)cc3)C(=O)OC(C)(C)C)cc2NC1=S. The van der Waals surface area contributed by atoms with Crippen molar-refractivity contribution in [3.63, 3.8) is 0 Å². The molecule has 0 saturated heterocycles. The molecule has 0 aliphatic carbocycles. The van der Waals surface area contributed by atoms with Gasteiger partial charge in [0.2, 0.25) is 0 Å². The Morgan fingerprint density at radius 2 is 1.71 bits per heavy atom. The van der Waals surface area contributed by atoms with Crippen molar-refractivity contribution in [2.24, 2.45) is 0 Å². The molecule has 166 valence electrons. The lowest BCUT2D eigenvalue weighted by Gasteiger charge is -2.29. The Labute approximate surface area is 190 Å². The van der Waals surface area contributed by atoms with Crippen LogP contribution in [0, 0.1) is 0 Å². The molecular formula is C24H31N3O3S. The third-order valence-electron chi connectivity index (χ3n) is 4.83. The van der Waals surface area contributed by atoms with Gasteiger partial charge >= 0.3 is 6.09 Å². The van der Waals surface area contributed by atoms with E-state index < -0.39 is 5.60 Å². The zero-order valence-electron chi connectivity index (χ0n) is 19.1. The van der Waals surface area contributed by atoms with Crippen LogP contribution in [0.1, 0.15) is 38.8 Å². The van der Waals surface area contributed by atoms with Crippen molar-refractivity contribution >= 4 is 34.7 Å². The second kappa shape index (κ2) is 9.14. The van der Waals surface area contributed by atoms with Gasteiger partial charge in [0.1, 0.15) is 22.4 Å². The van der Waals surface area contributed by atoms with Crippen LogP contribution < -0.4 is 15.0 Å². The highest BCUT2D eigenvalue weighted by molar-refractivity contribution is 7.80. The number of ether oxygens (including phenoxy) is 2. The van der Waals surface area contributed by atoms with E-state index in [1.807, 2.05) is 89.2 Å². The molecule has 0 aromatic heterocycles. The maximum absolute atomic E-state index is 13.0. The smallest absolute Gasteiger partial charge is 0.410 e. The summed E-state index contributed by atoms with van der Waals surface area (Å²) in [6.07, 6.45) is -0.507. The summed E-state index contributed by atoms with van der Waals surface area (Å²) in [7, 11) is 4.00. The summed E-state index contributed by atoms with van der Waals surface area (Å²) < 4.78 is 11.5. The van der Waals surface area contributed by atoms with Crippen LogP contribution in [0.3, 0.4) is 0 Å². The van der Waals surface area contributed by atoms with Gasteiger partial charge in [-0.2, -0.15) is 0 Å². The Bertz CT molecular complexity index is 952. The largest absolute Gasteiger partial charge is 0.481 e. The molecule has 0 fully saturated rings. The number of nitrogens with one attached hydrogen (secondary N) is 1. The molecule has 0 bridgehead atoms. The molecule has 31 heavy (non-hydrogen) atoms. The first-order chi connectivity index (χ1) is 14.5. The molecule has 0 radical (unpaired) electrons. The maximum atomic E-state index is 13.0. The van der Waals surface area contributed by atoms with Gasteiger partial charge in [0.25, 0.3) is 0 Å². The quantitative estimate of drug-likeness (QED) is 0.643. The van der Waals surface area contributed by atoms with Crippen molar-refractivity contribution in [2.45, 2.75) is 52.5 Å². The van der Waals surface area contributed by atoms with E-state index >= 15 is 0 Å². The first kappa shape index (κ1) is 22.9. The van der Waals surface area contributed by atoms with Crippen molar-refractivity contribution in [2.75, 3.05) is 24.3 Å². The third-order valence-corrected chi connectivity index (χ3v) is 5.26. The zero-order valence-corrected chi connectivity index (χ0v) is 19.9. The van der Waals surface area contributed by atoms with Crippen LogP contribution in [-0.2, 0) is 17.8 Å². The molecule has 7 heteroatoms. The predicted octanol–water partition coefficient (Wildman–Crippen LogP) is 5.21. The summed E-state index contributed by atoms with van der Waals surface area (Å²) in [5.74, 6) is 0.757. The molecule has 1 aliphatic rings. The second-order valence-electron chi connectivity index (χ2n) is 8.98. The highest BCUT2D eigenvalue weighted by Gasteiger charge is 2.24. The Morgan fingerprint density at radius 1 is 1.10 bits per heavy atom. The van der Waals surface area contributed by atoms with Crippen LogP contribution in [0.4, 0.5) is 16.2 Å². The molecular weight excluding hydrogens is 410 g/mol. The number of anilines is 2. The second-order valence-corrected chi connectivity index (χ2v) is 9.42. The fourth-order valence-corrected chi connectivity index (χ4v) is 3.36. The van der Waals surface area contributed by atoms with E-state index in [4.69, 9.17) is 21.7 Å². The Hall–Kier alpha value is -2.80. The first-order valence-electron chi connectivity index (χ1n) is 10.4. The Balaban J connectivity index is 1.82. The predicted molar refractivity (Wildman–Crippen MR) is 129 cm³/mol. The summed E-state index contributed by atoms with van der Waals surface area (Å²) in [6.45, 7) is 8.38. The summed E-state index contributed by atoms with van der Waals surface area (Å²) in [5.41, 5.74) is 3.35. The van der Waals surface area contributed by atoms with Gasteiger partial charge in [-0.3, -0.25) is 4.90 Å². The molecule has 1 atom stereocenters. The van der Waals surface area contributed by atoms with E-state index in [1.54, 1.807) is 4.90 Å². The summed E-state index contributed by atoms with van der Waals surface area (Å²) in [4.78, 5) is 17.4. The van der Waals surface area contributed by atoms with E-state index in [2.05, 4.69) is 5.32 Å². The van der Waals surface area contributed by atoms with E-state index in [1.165, 1.54) is 0 Å². The lowest BCUT2D eigenvalue weighted by atomic mass is 10.1. The summed E-state index contributed by atoms with van der Waals surface area (Å²) in [5, 5.41) is 3.22. The first-order valence-corrected chi connectivity index (χ1v) is 10.8. The maximum Gasteiger partial charge on any atom is 0.410 e. The highest BCUT2D eigenvalue weighted by Crippen LogP contribution is 2.31. The molecule has 2 aromatic carbocycles. The van der Waals surface area contributed by atoms with Crippen LogP contribution in [0.15, 0.2) is 42.5 Å². The normalized spacial score (nSPS) is 15.4. The molecule has 1 aliphatic heterocycles. The molecule has 2 aromatic rings. The number of hydrogen-bond donors (Lipinski definition) is 1. The molecule has 0 spiro atoms. The summed E-state index contributed by atoms with van der Waals surface area (Å²) >= 11 is 5.33.